The summed E-state index contributed by atoms with van der Waals surface area (Å²) in [7, 11) is 0. The van der Waals surface area contributed by atoms with Gasteiger partial charge in [0.25, 0.3) is 0 Å². The molecule has 0 aliphatic carbocycles. The fraction of sp³-hybridized carbons (Fsp3) is 0. The molecule has 0 heterocycles. The summed E-state index contributed by atoms with van der Waals surface area (Å²) in [6.07, 6.45) is 0. The maximum absolute atomic E-state index is 9.81. The van der Waals surface area contributed by atoms with Crippen LogP contribution in [0, 0.1) is 0 Å². The van der Waals surface area contributed by atoms with E-state index in [1.807, 2.05) is 30.3 Å². The van der Waals surface area contributed by atoms with Crippen LogP contribution >= 0.6 is 0 Å². The van der Waals surface area contributed by atoms with Gasteiger partial charge in [-0.15, -0.1) is 0 Å². The van der Waals surface area contributed by atoms with E-state index >= 15 is 0 Å². The van der Waals surface area contributed by atoms with Gasteiger partial charge in [-0.3, -0.25) is 0 Å². The quantitative estimate of drug-likeness (QED) is 0.598. The number of carbonyl (C=O) groups excluding carboxylic acids is 1. The van der Waals surface area contributed by atoms with Crippen LogP contribution in [-0.2, 0) is 32.5 Å². The summed E-state index contributed by atoms with van der Waals surface area (Å²) in [6, 6.07) is 9.89. The fourth-order valence-electron chi connectivity index (χ4n) is 0.704. The van der Waals surface area contributed by atoms with Gasteiger partial charge in [-0.25, -0.2) is 0 Å². The van der Waals surface area contributed by atoms with Crippen molar-refractivity contribution in [2.45, 2.75) is 0 Å². The first-order chi connectivity index (χ1) is 4.93. The first kappa shape index (κ1) is 7.73. The van der Waals surface area contributed by atoms with Crippen LogP contribution in [0.1, 0.15) is 0 Å². The number of carbonyl (C=O) groups is 1. The van der Waals surface area contributed by atoms with E-state index < -0.39 is 25.0 Å². The van der Waals surface area contributed by atoms with E-state index in [1.165, 1.54) is 3.07 Å². The summed E-state index contributed by atoms with van der Waals surface area (Å²) in [5.74, 6) is 0. The summed E-state index contributed by atoms with van der Waals surface area (Å²) in [5.41, 5.74) is 0. The molecule has 0 amide bonds. The summed E-state index contributed by atoms with van der Waals surface area (Å²) in [4.78, 5) is 9.81. The molecule has 2 nitrogen and oxygen atoms in total. The van der Waals surface area contributed by atoms with Crippen LogP contribution in [0.5, 0.6) is 0 Å². The molecule has 0 saturated heterocycles. The third kappa shape index (κ3) is 2.48. The Labute approximate surface area is 72.3 Å². The molecule has 0 aromatic heterocycles. The molecule has 1 aromatic carbocycles. The molecule has 1 rings (SSSR count). The zero-order valence-corrected chi connectivity index (χ0v) is 11.0. The van der Waals surface area contributed by atoms with Crippen LogP contribution < -0.4 is 3.07 Å². The Morgan fingerprint density at radius 2 is 2.00 bits per heavy atom. The van der Waals surface area contributed by atoms with Gasteiger partial charge in [0, 0.05) is 0 Å². The Balaban J connectivity index is 2.50. The van der Waals surface area contributed by atoms with Gasteiger partial charge in [-0.05, 0) is 0 Å². The van der Waals surface area contributed by atoms with Gasteiger partial charge in [0.1, 0.15) is 0 Å². The van der Waals surface area contributed by atoms with Crippen molar-refractivity contribution in [2.75, 3.05) is 0 Å². The molecule has 0 atom stereocenters. The molecule has 0 spiro atoms. The van der Waals surface area contributed by atoms with Crippen LogP contribution in [0.25, 0.3) is 0 Å². The molecule has 0 N–H and O–H groups in total. The molecule has 0 radical (unpaired) electrons. The van der Waals surface area contributed by atoms with E-state index in [9.17, 15) is 4.79 Å². The molecule has 0 aliphatic heterocycles. The second-order valence-corrected chi connectivity index (χ2v) is 7.48. The Morgan fingerprint density at radius 1 is 1.30 bits per heavy atom. The molecule has 10 heavy (non-hydrogen) atoms. The second-order valence-electron chi connectivity index (χ2n) is 1.89. The average molecular weight is 323 g/mol. The van der Waals surface area contributed by atoms with Gasteiger partial charge in [-0.1, -0.05) is 0 Å². The normalized spacial score (nSPS) is 8.00. The third-order valence-electron chi connectivity index (χ3n) is 1.16. The van der Waals surface area contributed by atoms with E-state index in [1.54, 1.807) is 0 Å². The number of benzene rings is 1. The van der Waals surface area contributed by atoms with Crippen molar-refractivity contribution < 1.29 is 32.5 Å². The van der Waals surface area contributed by atoms with Crippen molar-refractivity contribution in [3.05, 3.63) is 30.3 Å². The molecule has 0 bridgehead atoms. The van der Waals surface area contributed by atoms with Gasteiger partial charge in [0.2, 0.25) is 0 Å². The zero-order chi connectivity index (χ0) is 7.23. The number of hydrogen-bond donors (Lipinski definition) is 0. The molecule has 48 valence electrons. The molecule has 0 saturated carbocycles. The molecule has 3 heteroatoms. The Morgan fingerprint density at radius 3 is 2.60 bits per heavy atom. The minimum absolute atomic E-state index is 0.550. The molecule has 0 fully saturated rings. The van der Waals surface area contributed by atoms with Gasteiger partial charge < -0.3 is 0 Å². The Kier molecular flexibility index (Phi) is 3.43. The molecular formula is C7H6HgO2. The zero-order valence-electron chi connectivity index (χ0n) is 5.49. The van der Waals surface area contributed by atoms with Crippen LogP contribution in [0.4, 0.5) is 0 Å². The summed E-state index contributed by atoms with van der Waals surface area (Å²) >= 11 is -1.47. The fourth-order valence-corrected chi connectivity index (χ4v) is 3.52. The van der Waals surface area contributed by atoms with E-state index in [-0.39, 0.29) is 0 Å². The first-order valence-corrected chi connectivity index (χ1v) is 8.02. The molecular weight excluding hydrogens is 317 g/mol. The van der Waals surface area contributed by atoms with Crippen LogP contribution in [0.2, 0.25) is 0 Å². The Hall–Kier alpha value is -0.375. The Bertz CT molecular complexity index is 198. The topological polar surface area (TPSA) is 26.3 Å². The molecule has 1 aromatic rings. The van der Waals surface area contributed by atoms with Crippen molar-refractivity contribution in [3.8, 4) is 0 Å². The van der Waals surface area contributed by atoms with Crippen molar-refractivity contribution >= 4 is 9.54 Å². The molecule has 0 unspecified atom stereocenters. The average Bonchev–Trinajstić information content (AvgIpc) is 2.03. The third-order valence-corrected chi connectivity index (χ3v) is 5.47. The van der Waals surface area contributed by atoms with Gasteiger partial charge >= 0.3 is 72.3 Å². The van der Waals surface area contributed by atoms with E-state index in [4.69, 9.17) is 2.64 Å². The monoisotopic (exact) mass is 324 g/mol. The van der Waals surface area contributed by atoms with E-state index in [0.29, 0.717) is 6.47 Å². The second kappa shape index (κ2) is 4.44. The standard InChI is InChI=1S/C6H5.CH2O2.Hg/c1-2-4-6-5-3-1;2-1-3;/h1-5H;1H,(H,2,3);/q;;+1/p-1. The van der Waals surface area contributed by atoms with Crippen LogP contribution in [0.15, 0.2) is 30.3 Å². The summed E-state index contributed by atoms with van der Waals surface area (Å²) in [6.45, 7) is 0.550. The van der Waals surface area contributed by atoms with Crippen LogP contribution in [0.3, 0.4) is 0 Å². The molecule has 0 aliphatic rings. The van der Waals surface area contributed by atoms with Crippen molar-refractivity contribution in [1.29, 1.82) is 0 Å². The first-order valence-electron chi connectivity index (χ1n) is 3.02. The van der Waals surface area contributed by atoms with Gasteiger partial charge in [0.15, 0.2) is 0 Å². The predicted molar refractivity (Wildman–Crippen MR) is 33.2 cm³/mol. The summed E-state index contributed by atoms with van der Waals surface area (Å²) < 4.78 is 5.99. The van der Waals surface area contributed by atoms with Gasteiger partial charge in [-0.2, -0.15) is 0 Å². The summed E-state index contributed by atoms with van der Waals surface area (Å²) in [5, 5.41) is 0. The van der Waals surface area contributed by atoms with Crippen molar-refractivity contribution in [1.82, 2.24) is 0 Å². The van der Waals surface area contributed by atoms with Crippen LogP contribution in [-0.4, -0.2) is 6.47 Å². The number of hydrogen-bond acceptors (Lipinski definition) is 2. The minimum atomic E-state index is -1.47. The predicted octanol–water partition coefficient (Wildman–Crippen LogP) is 0.482. The van der Waals surface area contributed by atoms with E-state index in [0.717, 1.165) is 0 Å². The number of rotatable bonds is 3. The van der Waals surface area contributed by atoms with Crippen molar-refractivity contribution in [2.24, 2.45) is 0 Å². The van der Waals surface area contributed by atoms with Gasteiger partial charge in [0.05, 0.1) is 0 Å². The van der Waals surface area contributed by atoms with E-state index in [2.05, 4.69) is 0 Å². The maximum atomic E-state index is 9.81. The van der Waals surface area contributed by atoms with Crippen molar-refractivity contribution in [3.63, 3.8) is 0 Å². The SMILES string of the molecule is O=C[O][Hg][c]1ccccc1.